The number of carboxylic acids is 1. The van der Waals surface area contributed by atoms with Gasteiger partial charge in [-0.15, -0.1) is 0 Å². The van der Waals surface area contributed by atoms with Gasteiger partial charge in [-0.05, 0) is 6.42 Å². The van der Waals surface area contributed by atoms with Crippen molar-refractivity contribution in [1.29, 1.82) is 0 Å². The molecule has 7 heteroatoms. The molecule has 1 heterocycles. The minimum Gasteiger partial charge on any atom is -0.479 e. The minimum absolute atomic E-state index is 0.0250. The van der Waals surface area contributed by atoms with Gasteiger partial charge in [-0.3, -0.25) is 9.48 Å². The summed E-state index contributed by atoms with van der Waals surface area (Å²) in [7, 11) is 1.73. The van der Waals surface area contributed by atoms with Crippen LogP contribution in [0.5, 0.6) is 0 Å². The van der Waals surface area contributed by atoms with Crippen molar-refractivity contribution in [3.8, 4) is 0 Å². The van der Waals surface area contributed by atoms with Crippen LogP contribution in [0.25, 0.3) is 0 Å². The molecule has 0 fully saturated rings. The van der Waals surface area contributed by atoms with Crippen LogP contribution in [0.15, 0.2) is 6.20 Å². The zero-order valence-corrected chi connectivity index (χ0v) is 10.4. The van der Waals surface area contributed by atoms with Crippen LogP contribution in [-0.4, -0.2) is 44.5 Å². The van der Waals surface area contributed by atoms with Crippen LogP contribution in [0.4, 0.5) is 0 Å². The number of nitrogens with zero attached hydrogens (tertiary/aromatic N) is 2. The summed E-state index contributed by atoms with van der Waals surface area (Å²) in [6.07, 6.45) is 0.774. The van der Waals surface area contributed by atoms with E-state index in [2.05, 4.69) is 10.4 Å². The lowest BCUT2D eigenvalue weighted by Crippen LogP contribution is -2.30. The molecule has 0 aliphatic carbocycles. The molecule has 1 rings (SSSR count). The summed E-state index contributed by atoms with van der Waals surface area (Å²) in [5.74, 6) is -1.60. The molecule has 1 atom stereocenters. The molecule has 18 heavy (non-hydrogen) atoms. The molecule has 0 saturated heterocycles. The van der Waals surface area contributed by atoms with Gasteiger partial charge in [0.25, 0.3) is 5.91 Å². The molecule has 1 aromatic heterocycles. The minimum atomic E-state index is -1.45. The molecule has 3 N–H and O–H groups in total. The zero-order chi connectivity index (χ0) is 13.7. The highest BCUT2D eigenvalue weighted by Crippen LogP contribution is 2.06. The molecule has 0 unspecified atom stereocenters. The number of hydrogen-bond acceptors (Lipinski definition) is 4. The van der Waals surface area contributed by atoms with Gasteiger partial charge in [0.1, 0.15) is 0 Å². The van der Waals surface area contributed by atoms with E-state index < -0.39 is 12.1 Å². The van der Waals surface area contributed by atoms with Crippen molar-refractivity contribution in [2.24, 2.45) is 7.05 Å². The standard InChI is InChI=1S/C11H17N3O4/c1-3-8-7(6-14(2)13-8)10(16)12-5-4-9(15)11(17)18/h6,9,15H,3-5H2,1-2H3,(H,12,16)(H,17,18)/t9-/m0/s1. The Morgan fingerprint density at radius 1 is 1.56 bits per heavy atom. The first kappa shape index (κ1) is 14.2. The maximum absolute atomic E-state index is 11.8. The highest BCUT2D eigenvalue weighted by Gasteiger charge is 2.16. The number of rotatable bonds is 6. The van der Waals surface area contributed by atoms with E-state index in [1.807, 2.05) is 6.92 Å². The normalized spacial score (nSPS) is 12.2. The Morgan fingerprint density at radius 2 is 2.22 bits per heavy atom. The lowest BCUT2D eigenvalue weighted by atomic mass is 10.2. The first-order valence-electron chi connectivity index (χ1n) is 5.67. The summed E-state index contributed by atoms with van der Waals surface area (Å²) in [4.78, 5) is 22.2. The molecule has 0 saturated carbocycles. The first-order chi connectivity index (χ1) is 8.45. The molecule has 0 aliphatic rings. The summed E-state index contributed by atoms with van der Waals surface area (Å²) >= 11 is 0. The maximum atomic E-state index is 11.8. The topological polar surface area (TPSA) is 104 Å². The van der Waals surface area contributed by atoms with Crippen molar-refractivity contribution in [1.82, 2.24) is 15.1 Å². The van der Waals surface area contributed by atoms with Gasteiger partial charge in [0.05, 0.1) is 11.3 Å². The second kappa shape index (κ2) is 6.15. The third-order valence-corrected chi connectivity index (χ3v) is 2.47. The molecule has 0 bridgehead atoms. The molecule has 0 aromatic carbocycles. The van der Waals surface area contributed by atoms with Gasteiger partial charge in [0, 0.05) is 26.2 Å². The second-order valence-corrected chi connectivity index (χ2v) is 3.92. The molecule has 1 amide bonds. The van der Waals surface area contributed by atoms with Crippen LogP contribution in [-0.2, 0) is 18.3 Å². The number of hydrogen-bond donors (Lipinski definition) is 3. The summed E-state index contributed by atoms with van der Waals surface area (Å²) in [5, 5.41) is 24.2. The fourth-order valence-corrected chi connectivity index (χ4v) is 1.53. The molecular weight excluding hydrogens is 238 g/mol. The fraction of sp³-hybridized carbons (Fsp3) is 0.545. The number of carbonyl (C=O) groups excluding carboxylic acids is 1. The van der Waals surface area contributed by atoms with E-state index >= 15 is 0 Å². The van der Waals surface area contributed by atoms with E-state index in [9.17, 15) is 9.59 Å². The number of aliphatic hydroxyl groups is 1. The van der Waals surface area contributed by atoms with Gasteiger partial charge in [-0.25, -0.2) is 4.79 Å². The van der Waals surface area contributed by atoms with Crippen LogP contribution >= 0.6 is 0 Å². The van der Waals surface area contributed by atoms with E-state index in [4.69, 9.17) is 10.2 Å². The van der Waals surface area contributed by atoms with E-state index in [1.54, 1.807) is 17.9 Å². The van der Waals surface area contributed by atoms with Gasteiger partial charge in [-0.2, -0.15) is 5.10 Å². The van der Waals surface area contributed by atoms with E-state index in [-0.39, 0.29) is 18.9 Å². The molecule has 1 aromatic rings. The Labute approximate surface area is 104 Å². The van der Waals surface area contributed by atoms with Gasteiger partial charge in [-0.1, -0.05) is 6.92 Å². The number of carbonyl (C=O) groups is 2. The van der Waals surface area contributed by atoms with Crippen molar-refractivity contribution < 1.29 is 19.8 Å². The summed E-state index contributed by atoms with van der Waals surface area (Å²) in [6, 6.07) is 0. The molecular formula is C11H17N3O4. The number of aliphatic carboxylic acids is 1. The summed E-state index contributed by atoms with van der Waals surface area (Å²) in [5.41, 5.74) is 1.17. The highest BCUT2D eigenvalue weighted by atomic mass is 16.4. The van der Waals surface area contributed by atoms with Crippen LogP contribution in [0.2, 0.25) is 0 Å². The van der Waals surface area contributed by atoms with Crippen LogP contribution in [0.1, 0.15) is 29.4 Å². The smallest absolute Gasteiger partial charge is 0.332 e. The van der Waals surface area contributed by atoms with Gasteiger partial charge >= 0.3 is 5.97 Å². The van der Waals surface area contributed by atoms with Crippen molar-refractivity contribution in [2.75, 3.05) is 6.54 Å². The van der Waals surface area contributed by atoms with Crippen molar-refractivity contribution in [3.05, 3.63) is 17.5 Å². The molecule has 7 nitrogen and oxygen atoms in total. The predicted octanol–water partition coefficient (Wildman–Crippen LogP) is -0.452. The maximum Gasteiger partial charge on any atom is 0.332 e. The Morgan fingerprint density at radius 3 is 2.78 bits per heavy atom. The fourth-order valence-electron chi connectivity index (χ4n) is 1.53. The Bertz CT molecular complexity index is 441. The largest absolute Gasteiger partial charge is 0.479 e. The number of aromatic nitrogens is 2. The van der Waals surface area contributed by atoms with E-state index in [1.165, 1.54) is 0 Å². The Hall–Kier alpha value is -1.89. The van der Waals surface area contributed by atoms with Crippen LogP contribution in [0.3, 0.4) is 0 Å². The van der Waals surface area contributed by atoms with Crippen molar-refractivity contribution in [3.63, 3.8) is 0 Å². The van der Waals surface area contributed by atoms with Crippen LogP contribution < -0.4 is 5.32 Å². The van der Waals surface area contributed by atoms with Gasteiger partial charge < -0.3 is 15.5 Å². The summed E-state index contributed by atoms with van der Waals surface area (Å²) < 4.78 is 1.56. The van der Waals surface area contributed by atoms with Crippen LogP contribution in [0, 0.1) is 0 Å². The van der Waals surface area contributed by atoms with Gasteiger partial charge in [0.15, 0.2) is 6.10 Å². The zero-order valence-electron chi connectivity index (χ0n) is 10.4. The average Bonchev–Trinajstić information content (AvgIpc) is 2.70. The molecule has 0 spiro atoms. The number of aryl methyl sites for hydroxylation is 2. The van der Waals surface area contributed by atoms with Gasteiger partial charge in [0.2, 0.25) is 0 Å². The Balaban J connectivity index is 2.52. The third-order valence-electron chi connectivity index (χ3n) is 2.47. The number of nitrogens with one attached hydrogen (secondary N) is 1. The van der Waals surface area contributed by atoms with E-state index in [0.29, 0.717) is 17.7 Å². The first-order valence-corrected chi connectivity index (χ1v) is 5.67. The quantitative estimate of drug-likeness (QED) is 0.638. The molecule has 0 aliphatic heterocycles. The third kappa shape index (κ3) is 3.56. The number of aliphatic hydroxyl groups excluding tert-OH is 1. The van der Waals surface area contributed by atoms with Crippen molar-refractivity contribution in [2.45, 2.75) is 25.9 Å². The second-order valence-electron chi connectivity index (χ2n) is 3.92. The predicted molar refractivity (Wildman–Crippen MR) is 63.2 cm³/mol. The lowest BCUT2D eigenvalue weighted by Gasteiger charge is -2.06. The molecule has 100 valence electrons. The summed E-state index contributed by atoms with van der Waals surface area (Å²) in [6.45, 7) is 2.00. The SMILES string of the molecule is CCc1nn(C)cc1C(=O)NCC[C@H](O)C(=O)O. The Kier molecular flexibility index (Phi) is 4.85. The number of amides is 1. The lowest BCUT2D eigenvalue weighted by molar-refractivity contribution is -0.146. The molecule has 0 radical (unpaired) electrons. The van der Waals surface area contributed by atoms with Crippen molar-refractivity contribution >= 4 is 11.9 Å². The number of carboxylic acid groups (broad SMARTS) is 1. The monoisotopic (exact) mass is 255 g/mol. The van der Waals surface area contributed by atoms with E-state index in [0.717, 1.165) is 0 Å². The average molecular weight is 255 g/mol. The highest BCUT2D eigenvalue weighted by molar-refractivity contribution is 5.95.